The van der Waals surface area contributed by atoms with Crippen LogP contribution in [0.4, 0.5) is 5.69 Å². The van der Waals surface area contributed by atoms with Gasteiger partial charge in [0.2, 0.25) is 0 Å². The summed E-state index contributed by atoms with van der Waals surface area (Å²) in [5.41, 5.74) is 2.69. The summed E-state index contributed by atoms with van der Waals surface area (Å²) in [6.45, 7) is 10.2. The molecule has 2 nitrogen and oxygen atoms in total. The number of piperazine rings is 1. The standard InChI is InChI=1S/C15H24N2/c1-11-6-8-15(9-7-11)17-10-12(2)16(5)13(3)14(17)4/h6-9,12-14H,10H2,1-5H3. The minimum Gasteiger partial charge on any atom is -0.366 e. The van der Waals surface area contributed by atoms with Gasteiger partial charge in [0.1, 0.15) is 0 Å². The third-order valence-electron chi connectivity index (χ3n) is 4.35. The Hall–Kier alpha value is -1.02. The molecule has 1 aliphatic rings. The van der Waals surface area contributed by atoms with Gasteiger partial charge in [-0.2, -0.15) is 0 Å². The molecule has 1 aromatic carbocycles. The predicted molar refractivity (Wildman–Crippen MR) is 74.7 cm³/mol. The third kappa shape index (κ3) is 2.32. The van der Waals surface area contributed by atoms with E-state index < -0.39 is 0 Å². The van der Waals surface area contributed by atoms with E-state index in [4.69, 9.17) is 0 Å². The molecule has 0 aromatic heterocycles. The van der Waals surface area contributed by atoms with E-state index in [1.807, 2.05) is 0 Å². The van der Waals surface area contributed by atoms with Gasteiger partial charge in [-0.3, -0.25) is 4.90 Å². The molecular formula is C15H24N2. The highest BCUT2D eigenvalue weighted by molar-refractivity contribution is 5.49. The van der Waals surface area contributed by atoms with Crippen molar-refractivity contribution in [3.63, 3.8) is 0 Å². The van der Waals surface area contributed by atoms with Crippen LogP contribution in [0.1, 0.15) is 26.3 Å². The molecule has 0 spiro atoms. The fourth-order valence-electron chi connectivity index (χ4n) is 2.66. The second-order valence-corrected chi connectivity index (χ2v) is 5.48. The topological polar surface area (TPSA) is 6.48 Å². The Labute approximate surface area is 105 Å². The Bertz CT molecular complexity index is 371. The third-order valence-corrected chi connectivity index (χ3v) is 4.35. The first-order valence-corrected chi connectivity index (χ1v) is 6.56. The predicted octanol–water partition coefficient (Wildman–Crippen LogP) is 2.91. The van der Waals surface area contributed by atoms with Crippen LogP contribution in [-0.2, 0) is 0 Å². The Morgan fingerprint density at radius 3 is 2.18 bits per heavy atom. The number of nitrogens with zero attached hydrogens (tertiary/aromatic N) is 2. The molecule has 0 aliphatic carbocycles. The van der Waals surface area contributed by atoms with Crippen molar-refractivity contribution in [1.82, 2.24) is 4.90 Å². The van der Waals surface area contributed by atoms with Gasteiger partial charge in [-0.1, -0.05) is 17.7 Å². The zero-order valence-electron chi connectivity index (χ0n) is 11.6. The number of rotatable bonds is 1. The summed E-state index contributed by atoms with van der Waals surface area (Å²) in [5, 5.41) is 0. The van der Waals surface area contributed by atoms with Crippen LogP contribution in [0.5, 0.6) is 0 Å². The van der Waals surface area contributed by atoms with Gasteiger partial charge >= 0.3 is 0 Å². The summed E-state index contributed by atoms with van der Waals surface area (Å²) in [4.78, 5) is 5.02. The van der Waals surface area contributed by atoms with Crippen LogP contribution < -0.4 is 4.90 Å². The summed E-state index contributed by atoms with van der Waals surface area (Å²) in [6.07, 6.45) is 0. The normalized spacial score (nSPS) is 30.6. The van der Waals surface area contributed by atoms with E-state index in [0.717, 1.165) is 6.54 Å². The zero-order chi connectivity index (χ0) is 12.6. The summed E-state index contributed by atoms with van der Waals surface area (Å²) >= 11 is 0. The molecule has 0 radical (unpaired) electrons. The number of hydrogen-bond acceptors (Lipinski definition) is 2. The van der Waals surface area contributed by atoms with Gasteiger partial charge in [0.25, 0.3) is 0 Å². The molecule has 2 heteroatoms. The molecule has 1 heterocycles. The largest absolute Gasteiger partial charge is 0.366 e. The Balaban J connectivity index is 2.23. The van der Waals surface area contributed by atoms with Crippen molar-refractivity contribution in [2.45, 2.75) is 45.8 Å². The van der Waals surface area contributed by atoms with Crippen LogP contribution in [0.25, 0.3) is 0 Å². The zero-order valence-corrected chi connectivity index (χ0v) is 11.6. The van der Waals surface area contributed by atoms with Gasteiger partial charge in [-0.25, -0.2) is 0 Å². The average molecular weight is 232 g/mol. The highest BCUT2D eigenvalue weighted by atomic mass is 15.3. The van der Waals surface area contributed by atoms with Crippen LogP contribution in [0.3, 0.4) is 0 Å². The lowest BCUT2D eigenvalue weighted by molar-refractivity contribution is 0.139. The number of benzene rings is 1. The maximum atomic E-state index is 2.54. The molecular weight excluding hydrogens is 208 g/mol. The van der Waals surface area contributed by atoms with Gasteiger partial charge < -0.3 is 4.90 Å². The number of likely N-dealkylation sites (N-methyl/N-ethyl adjacent to an activating group) is 1. The van der Waals surface area contributed by atoms with Gasteiger partial charge in [0, 0.05) is 30.4 Å². The quantitative estimate of drug-likeness (QED) is 0.734. The fraction of sp³-hybridized carbons (Fsp3) is 0.600. The van der Waals surface area contributed by atoms with E-state index in [9.17, 15) is 0 Å². The number of hydrogen-bond donors (Lipinski definition) is 0. The number of aryl methyl sites for hydroxylation is 1. The average Bonchev–Trinajstić information content (AvgIpc) is 2.32. The van der Waals surface area contributed by atoms with Gasteiger partial charge in [-0.05, 0) is 46.9 Å². The highest BCUT2D eigenvalue weighted by Crippen LogP contribution is 2.26. The molecule has 1 saturated heterocycles. The lowest BCUT2D eigenvalue weighted by atomic mass is 10.0. The fourth-order valence-corrected chi connectivity index (χ4v) is 2.66. The maximum Gasteiger partial charge on any atom is 0.0415 e. The van der Waals surface area contributed by atoms with Gasteiger partial charge in [-0.15, -0.1) is 0 Å². The first kappa shape index (κ1) is 12.4. The summed E-state index contributed by atoms with van der Waals surface area (Å²) in [7, 11) is 2.23. The van der Waals surface area contributed by atoms with E-state index in [-0.39, 0.29) is 0 Å². The van der Waals surface area contributed by atoms with Crippen LogP contribution >= 0.6 is 0 Å². The molecule has 1 aliphatic heterocycles. The summed E-state index contributed by atoms with van der Waals surface area (Å²) < 4.78 is 0. The highest BCUT2D eigenvalue weighted by Gasteiger charge is 2.32. The molecule has 17 heavy (non-hydrogen) atoms. The van der Waals surface area contributed by atoms with E-state index in [2.05, 4.69) is 68.8 Å². The molecule has 0 amide bonds. The molecule has 1 fully saturated rings. The molecule has 94 valence electrons. The first-order chi connectivity index (χ1) is 8.00. The van der Waals surface area contributed by atoms with Gasteiger partial charge in [0.05, 0.1) is 0 Å². The molecule has 3 atom stereocenters. The van der Waals surface area contributed by atoms with Crippen LogP contribution in [0.2, 0.25) is 0 Å². The van der Waals surface area contributed by atoms with Gasteiger partial charge in [0.15, 0.2) is 0 Å². The van der Waals surface area contributed by atoms with Crippen molar-refractivity contribution in [1.29, 1.82) is 0 Å². The minimum absolute atomic E-state index is 0.568. The second-order valence-electron chi connectivity index (χ2n) is 5.48. The monoisotopic (exact) mass is 232 g/mol. The van der Waals surface area contributed by atoms with Crippen molar-refractivity contribution in [3.05, 3.63) is 29.8 Å². The Kier molecular flexibility index (Phi) is 3.43. The van der Waals surface area contributed by atoms with E-state index >= 15 is 0 Å². The van der Waals surface area contributed by atoms with E-state index in [1.165, 1.54) is 11.3 Å². The molecule has 1 aromatic rings. The lowest BCUT2D eigenvalue weighted by Crippen LogP contribution is -2.60. The Morgan fingerprint density at radius 1 is 1.00 bits per heavy atom. The van der Waals surface area contributed by atoms with Crippen LogP contribution in [-0.4, -0.2) is 36.6 Å². The smallest absolute Gasteiger partial charge is 0.0415 e. The lowest BCUT2D eigenvalue weighted by Gasteiger charge is -2.48. The molecule has 0 N–H and O–H groups in total. The van der Waals surface area contributed by atoms with Crippen molar-refractivity contribution in [2.24, 2.45) is 0 Å². The van der Waals surface area contributed by atoms with Crippen LogP contribution in [0, 0.1) is 6.92 Å². The molecule has 0 saturated carbocycles. The Morgan fingerprint density at radius 2 is 1.59 bits per heavy atom. The van der Waals surface area contributed by atoms with Crippen molar-refractivity contribution in [3.8, 4) is 0 Å². The molecule has 2 rings (SSSR count). The van der Waals surface area contributed by atoms with E-state index in [0.29, 0.717) is 18.1 Å². The molecule has 0 bridgehead atoms. The van der Waals surface area contributed by atoms with Crippen molar-refractivity contribution >= 4 is 5.69 Å². The van der Waals surface area contributed by atoms with E-state index in [1.54, 1.807) is 0 Å². The van der Waals surface area contributed by atoms with Crippen molar-refractivity contribution in [2.75, 3.05) is 18.5 Å². The molecule has 3 unspecified atom stereocenters. The van der Waals surface area contributed by atoms with Crippen molar-refractivity contribution < 1.29 is 0 Å². The summed E-state index contributed by atoms with van der Waals surface area (Å²) in [6, 6.07) is 10.7. The van der Waals surface area contributed by atoms with Crippen LogP contribution in [0.15, 0.2) is 24.3 Å². The maximum absolute atomic E-state index is 2.54. The minimum atomic E-state index is 0.568. The second kappa shape index (κ2) is 4.69. The first-order valence-electron chi connectivity index (χ1n) is 6.56. The number of anilines is 1. The summed E-state index contributed by atoms with van der Waals surface area (Å²) in [5.74, 6) is 0. The SMILES string of the molecule is Cc1ccc(N2CC(C)N(C)C(C)C2C)cc1.